The molecule has 0 radical (unpaired) electrons. The second-order valence-corrected chi connectivity index (χ2v) is 11.3. The minimum Gasteiger partial charge on any atom is -0.309 e. The summed E-state index contributed by atoms with van der Waals surface area (Å²) in [6.07, 6.45) is 8.53. The summed E-state index contributed by atoms with van der Waals surface area (Å²) in [6.45, 7) is 0. The molecule has 0 atom stereocenters. The summed E-state index contributed by atoms with van der Waals surface area (Å²) in [6, 6.07) is 43.4. The second kappa shape index (κ2) is 9.50. The third-order valence-electron chi connectivity index (χ3n) is 8.91. The van der Waals surface area contributed by atoms with Crippen LogP contribution < -0.4 is 0 Å². The van der Waals surface area contributed by atoms with Crippen LogP contribution in [0.3, 0.4) is 0 Å². The van der Waals surface area contributed by atoms with E-state index < -0.39 is 0 Å². The fraction of sp³-hybridized carbons (Fsp3) is 0.0500. The maximum absolute atomic E-state index is 5.21. The number of para-hydroxylation sites is 1. The maximum atomic E-state index is 5.21. The predicted octanol–water partition coefficient (Wildman–Crippen LogP) is 10.2. The van der Waals surface area contributed by atoms with Gasteiger partial charge in [0, 0.05) is 33.0 Å². The quantitative estimate of drug-likeness (QED) is 0.205. The largest absolute Gasteiger partial charge is 0.309 e. The lowest BCUT2D eigenvalue weighted by atomic mass is 9.90. The lowest BCUT2D eigenvalue weighted by Gasteiger charge is -2.17. The van der Waals surface area contributed by atoms with Crippen LogP contribution in [0.15, 0.2) is 134 Å². The van der Waals surface area contributed by atoms with Crippen LogP contribution in [0.1, 0.15) is 17.5 Å². The van der Waals surface area contributed by atoms with E-state index in [1.165, 1.54) is 54.8 Å². The highest BCUT2D eigenvalue weighted by Crippen LogP contribution is 2.37. The second-order valence-electron chi connectivity index (χ2n) is 11.3. The number of allylic oxidation sites excluding steroid dienone is 1. The van der Waals surface area contributed by atoms with Gasteiger partial charge in [0.1, 0.15) is 0 Å². The van der Waals surface area contributed by atoms with Crippen molar-refractivity contribution in [3.63, 3.8) is 0 Å². The molecular weight excluding hydrogens is 522 g/mol. The van der Waals surface area contributed by atoms with Gasteiger partial charge < -0.3 is 4.57 Å². The molecular formula is C40H27N3. The van der Waals surface area contributed by atoms with Crippen molar-refractivity contribution in [2.75, 3.05) is 0 Å². The van der Waals surface area contributed by atoms with E-state index in [0.717, 1.165) is 40.8 Å². The van der Waals surface area contributed by atoms with Crippen LogP contribution >= 0.6 is 0 Å². The van der Waals surface area contributed by atoms with Crippen molar-refractivity contribution in [2.45, 2.75) is 12.8 Å². The van der Waals surface area contributed by atoms with Crippen LogP contribution in [0.2, 0.25) is 0 Å². The fourth-order valence-electron chi connectivity index (χ4n) is 6.87. The summed E-state index contributed by atoms with van der Waals surface area (Å²) >= 11 is 0. The third-order valence-corrected chi connectivity index (χ3v) is 8.91. The number of hydrogen-bond acceptors (Lipinski definition) is 2. The predicted molar refractivity (Wildman–Crippen MR) is 180 cm³/mol. The molecule has 6 aromatic carbocycles. The Balaban J connectivity index is 1.17. The van der Waals surface area contributed by atoms with Gasteiger partial charge in [-0.05, 0) is 65.3 Å². The number of fused-ring (bicyclic) bond motifs is 9. The average molecular weight is 550 g/mol. The minimum absolute atomic E-state index is 0.888. The normalized spacial score (nSPS) is 12.8. The molecule has 0 aliphatic heterocycles. The van der Waals surface area contributed by atoms with Crippen LogP contribution in [0, 0.1) is 0 Å². The van der Waals surface area contributed by atoms with Gasteiger partial charge in [-0.15, -0.1) is 0 Å². The Morgan fingerprint density at radius 1 is 0.558 bits per heavy atom. The average Bonchev–Trinajstić information content (AvgIpc) is 3.42. The van der Waals surface area contributed by atoms with E-state index in [1.54, 1.807) is 0 Å². The Kier molecular flexibility index (Phi) is 5.32. The number of hydrogen-bond donors (Lipinski definition) is 0. The summed E-state index contributed by atoms with van der Waals surface area (Å²) in [7, 11) is 0. The van der Waals surface area contributed by atoms with Gasteiger partial charge in [0.25, 0.3) is 0 Å². The van der Waals surface area contributed by atoms with Crippen LogP contribution in [0.25, 0.3) is 77.8 Å². The minimum atomic E-state index is 0.888. The Morgan fingerprint density at radius 3 is 2.14 bits per heavy atom. The van der Waals surface area contributed by atoms with Gasteiger partial charge in [0.05, 0.1) is 34.0 Å². The molecule has 0 spiro atoms. The summed E-state index contributed by atoms with van der Waals surface area (Å²) < 4.78 is 2.36. The summed E-state index contributed by atoms with van der Waals surface area (Å²) in [4.78, 5) is 10.2. The number of rotatable bonds is 3. The van der Waals surface area contributed by atoms with Crippen molar-refractivity contribution in [1.82, 2.24) is 14.5 Å². The highest BCUT2D eigenvalue weighted by molar-refractivity contribution is 6.11. The smallest absolute Gasteiger partial charge is 0.0979 e. The van der Waals surface area contributed by atoms with Gasteiger partial charge in [-0.3, -0.25) is 4.98 Å². The molecule has 1 aliphatic rings. The zero-order valence-electron chi connectivity index (χ0n) is 23.5. The van der Waals surface area contributed by atoms with E-state index in [4.69, 9.17) is 9.97 Å². The zero-order chi connectivity index (χ0) is 28.3. The van der Waals surface area contributed by atoms with E-state index in [2.05, 4.69) is 138 Å². The first-order valence-electron chi connectivity index (χ1n) is 14.9. The van der Waals surface area contributed by atoms with Gasteiger partial charge in [-0.1, -0.05) is 103 Å². The van der Waals surface area contributed by atoms with E-state index in [0.29, 0.717) is 0 Å². The highest BCUT2D eigenvalue weighted by atomic mass is 15.0. The zero-order valence-corrected chi connectivity index (χ0v) is 23.5. The number of benzene rings is 6. The van der Waals surface area contributed by atoms with Gasteiger partial charge >= 0.3 is 0 Å². The molecule has 202 valence electrons. The van der Waals surface area contributed by atoms with E-state index in [9.17, 15) is 0 Å². The van der Waals surface area contributed by atoms with Gasteiger partial charge in [-0.2, -0.15) is 0 Å². The van der Waals surface area contributed by atoms with Crippen molar-refractivity contribution < 1.29 is 0 Å². The highest BCUT2D eigenvalue weighted by Gasteiger charge is 2.18. The Labute approximate surface area is 249 Å². The number of aromatic nitrogens is 3. The molecule has 8 aromatic rings. The standard InChI is InChI=1S/C40H27N3/c1-2-10-26(11-3-1)28-20-23-38-35(24-28)32-14-8-9-17-37(32)43(38)29-21-18-27(19-22-29)36-25-41-39-33-15-6-4-12-30(33)31-13-5-7-16-34(31)40(39)42-36/h1-3,5-11,13-25H,4,12H2. The number of nitrogens with zero attached hydrogens (tertiary/aromatic N) is 3. The van der Waals surface area contributed by atoms with Crippen molar-refractivity contribution >= 4 is 49.7 Å². The van der Waals surface area contributed by atoms with E-state index in [1.807, 2.05) is 6.20 Å². The molecule has 43 heavy (non-hydrogen) atoms. The van der Waals surface area contributed by atoms with Gasteiger partial charge in [0.2, 0.25) is 0 Å². The van der Waals surface area contributed by atoms with E-state index in [-0.39, 0.29) is 0 Å². The summed E-state index contributed by atoms with van der Waals surface area (Å²) in [5.41, 5.74) is 12.5. The lowest BCUT2D eigenvalue weighted by molar-refractivity contribution is 0.998. The molecule has 0 saturated carbocycles. The molecule has 3 nitrogen and oxygen atoms in total. The topological polar surface area (TPSA) is 30.7 Å². The molecule has 2 heterocycles. The fourth-order valence-corrected chi connectivity index (χ4v) is 6.87. The SMILES string of the molecule is C1=Cc2c(c3ccccc3c3nc(-c4ccc(-n5c6ccccc6c6cc(-c7ccccc7)ccc65)cc4)cnc23)CC1. The molecule has 0 saturated heterocycles. The van der Waals surface area contributed by atoms with Crippen LogP contribution in [-0.2, 0) is 6.42 Å². The summed E-state index contributed by atoms with van der Waals surface area (Å²) in [5.74, 6) is 0. The molecule has 2 aromatic heterocycles. The monoisotopic (exact) mass is 549 g/mol. The molecule has 0 unspecified atom stereocenters. The molecule has 0 N–H and O–H groups in total. The van der Waals surface area contributed by atoms with Gasteiger partial charge in [0.15, 0.2) is 0 Å². The summed E-state index contributed by atoms with van der Waals surface area (Å²) in [5, 5.41) is 4.98. The van der Waals surface area contributed by atoms with Crippen molar-refractivity contribution in [3.8, 4) is 28.1 Å². The first-order valence-corrected chi connectivity index (χ1v) is 14.9. The molecule has 0 fully saturated rings. The Hall–Kier alpha value is -5.54. The Morgan fingerprint density at radius 2 is 1.28 bits per heavy atom. The molecule has 3 heteroatoms. The van der Waals surface area contributed by atoms with Crippen molar-refractivity contribution in [2.24, 2.45) is 0 Å². The van der Waals surface area contributed by atoms with E-state index >= 15 is 0 Å². The van der Waals surface area contributed by atoms with Crippen LogP contribution in [0.5, 0.6) is 0 Å². The molecule has 0 bridgehead atoms. The third kappa shape index (κ3) is 3.75. The van der Waals surface area contributed by atoms with Crippen LogP contribution in [-0.4, -0.2) is 14.5 Å². The molecule has 9 rings (SSSR count). The van der Waals surface area contributed by atoms with Gasteiger partial charge in [-0.25, -0.2) is 4.98 Å². The van der Waals surface area contributed by atoms with Crippen molar-refractivity contribution in [1.29, 1.82) is 0 Å². The van der Waals surface area contributed by atoms with Crippen LogP contribution in [0.4, 0.5) is 0 Å². The maximum Gasteiger partial charge on any atom is 0.0979 e. The first-order chi connectivity index (χ1) is 21.3. The molecule has 0 amide bonds. The lowest BCUT2D eigenvalue weighted by Crippen LogP contribution is -2.01. The number of aryl methyl sites for hydroxylation is 1. The Bertz CT molecular complexity index is 2380. The van der Waals surface area contributed by atoms with Crippen molar-refractivity contribution in [3.05, 3.63) is 145 Å². The first kappa shape index (κ1) is 24.1. The molecule has 1 aliphatic carbocycles.